The molecule has 1 aromatic heterocycles. The Morgan fingerprint density at radius 3 is 2.15 bits per heavy atom. The SMILES string of the molecule is C=C1c2c(c3c(OC)cccc3n2C)[C@H](c2ccc(OC)cc2)CC1(C(=O)OC)C(=O)OC. The fraction of sp³-hybridized carbons (Fsp3) is 0.308. The maximum absolute atomic E-state index is 13.2. The van der Waals surface area contributed by atoms with E-state index in [-0.39, 0.29) is 12.3 Å². The summed E-state index contributed by atoms with van der Waals surface area (Å²) < 4.78 is 23.2. The highest BCUT2D eigenvalue weighted by atomic mass is 16.5. The van der Waals surface area contributed by atoms with Gasteiger partial charge in [0.15, 0.2) is 5.41 Å². The van der Waals surface area contributed by atoms with Crippen LogP contribution in [0.1, 0.15) is 29.2 Å². The van der Waals surface area contributed by atoms with Crippen LogP contribution in [0.2, 0.25) is 0 Å². The number of hydrogen-bond acceptors (Lipinski definition) is 6. The fourth-order valence-electron chi connectivity index (χ4n) is 5.06. The number of aryl methyl sites for hydroxylation is 1. The monoisotopic (exact) mass is 449 g/mol. The number of fused-ring (bicyclic) bond motifs is 3. The third kappa shape index (κ3) is 3.10. The van der Waals surface area contributed by atoms with Crippen LogP contribution in [0.15, 0.2) is 49.0 Å². The van der Waals surface area contributed by atoms with E-state index in [1.807, 2.05) is 54.1 Å². The van der Waals surface area contributed by atoms with E-state index in [1.54, 1.807) is 14.2 Å². The van der Waals surface area contributed by atoms with Crippen LogP contribution in [-0.2, 0) is 26.1 Å². The number of carbonyl (C=O) groups is 2. The summed E-state index contributed by atoms with van der Waals surface area (Å²) in [5.74, 6) is -0.308. The summed E-state index contributed by atoms with van der Waals surface area (Å²) in [6, 6.07) is 13.4. The molecular formula is C26H27NO6. The van der Waals surface area contributed by atoms with Crippen LogP contribution in [0.25, 0.3) is 16.5 Å². The van der Waals surface area contributed by atoms with Crippen molar-refractivity contribution in [1.29, 1.82) is 0 Å². The minimum Gasteiger partial charge on any atom is -0.497 e. The number of esters is 2. The largest absolute Gasteiger partial charge is 0.497 e. The molecule has 7 nitrogen and oxygen atoms in total. The van der Waals surface area contributed by atoms with Gasteiger partial charge in [0.1, 0.15) is 11.5 Å². The van der Waals surface area contributed by atoms with Crippen molar-refractivity contribution >= 4 is 28.4 Å². The Morgan fingerprint density at radius 1 is 0.970 bits per heavy atom. The molecule has 1 aliphatic rings. The van der Waals surface area contributed by atoms with Gasteiger partial charge in [-0.3, -0.25) is 9.59 Å². The minimum absolute atomic E-state index is 0.113. The summed E-state index contributed by atoms with van der Waals surface area (Å²) in [6.07, 6.45) is 0.113. The Hall–Kier alpha value is -3.74. The lowest BCUT2D eigenvalue weighted by Crippen LogP contribution is -2.46. The van der Waals surface area contributed by atoms with E-state index >= 15 is 0 Å². The van der Waals surface area contributed by atoms with Crippen molar-refractivity contribution in [2.24, 2.45) is 12.5 Å². The molecule has 0 saturated heterocycles. The molecule has 172 valence electrons. The molecule has 0 radical (unpaired) electrons. The zero-order valence-electron chi connectivity index (χ0n) is 19.4. The van der Waals surface area contributed by atoms with E-state index in [2.05, 4.69) is 6.58 Å². The van der Waals surface area contributed by atoms with Crippen molar-refractivity contribution in [3.05, 3.63) is 65.9 Å². The first-order chi connectivity index (χ1) is 15.8. The maximum atomic E-state index is 13.2. The Morgan fingerprint density at radius 2 is 1.61 bits per heavy atom. The zero-order valence-corrected chi connectivity index (χ0v) is 19.4. The van der Waals surface area contributed by atoms with Crippen molar-refractivity contribution < 1.29 is 28.5 Å². The van der Waals surface area contributed by atoms with Crippen LogP contribution in [0, 0.1) is 5.41 Å². The van der Waals surface area contributed by atoms with Gasteiger partial charge < -0.3 is 23.5 Å². The van der Waals surface area contributed by atoms with E-state index in [0.29, 0.717) is 22.8 Å². The van der Waals surface area contributed by atoms with Gasteiger partial charge in [-0.05, 0) is 47.4 Å². The van der Waals surface area contributed by atoms with Crippen LogP contribution >= 0.6 is 0 Å². The lowest BCUT2D eigenvalue weighted by atomic mass is 9.64. The molecule has 0 spiro atoms. The first-order valence-corrected chi connectivity index (χ1v) is 10.5. The van der Waals surface area contributed by atoms with E-state index in [9.17, 15) is 9.59 Å². The lowest BCUT2D eigenvalue weighted by Gasteiger charge is -2.39. The smallest absolute Gasteiger partial charge is 0.327 e. The van der Waals surface area contributed by atoms with Gasteiger partial charge in [-0.2, -0.15) is 0 Å². The molecule has 0 aliphatic heterocycles. The van der Waals surface area contributed by atoms with Crippen molar-refractivity contribution in [2.45, 2.75) is 12.3 Å². The molecular weight excluding hydrogens is 422 g/mol. The Bertz CT molecular complexity index is 1240. The molecule has 0 saturated carbocycles. The summed E-state index contributed by atoms with van der Waals surface area (Å²) >= 11 is 0. The quantitative estimate of drug-likeness (QED) is 0.432. The molecule has 1 aliphatic carbocycles. The van der Waals surface area contributed by atoms with Crippen molar-refractivity contribution in [1.82, 2.24) is 4.57 Å². The maximum Gasteiger partial charge on any atom is 0.327 e. The second-order valence-corrected chi connectivity index (χ2v) is 8.07. The summed E-state index contributed by atoms with van der Waals surface area (Å²) in [5, 5.41) is 0.919. The van der Waals surface area contributed by atoms with Gasteiger partial charge >= 0.3 is 11.9 Å². The summed E-state index contributed by atoms with van der Waals surface area (Å²) in [5.41, 5.74) is 2.13. The molecule has 7 heteroatoms. The second-order valence-electron chi connectivity index (χ2n) is 8.07. The number of ether oxygens (including phenoxy) is 4. The van der Waals surface area contributed by atoms with E-state index in [0.717, 1.165) is 22.0 Å². The number of rotatable bonds is 5. The molecule has 0 amide bonds. The summed E-state index contributed by atoms with van der Waals surface area (Å²) in [7, 11) is 7.65. The summed E-state index contributed by atoms with van der Waals surface area (Å²) in [4.78, 5) is 26.4. The normalized spacial score (nSPS) is 16.8. The van der Waals surface area contributed by atoms with Gasteiger partial charge in [-0.25, -0.2) is 0 Å². The number of benzene rings is 2. The number of carbonyl (C=O) groups excluding carboxylic acids is 2. The Labute approximate surface area is 192 Å². The molecule has 33 heavy (non-hydrogen) atoms. The molecule has 3 aromatic rings. The standard InChI is InChI=1S/C26H27NO6/c1-15-23-21(22-19(27(23)2)8-7-9-20(22)31-4)18(16-10-12-17(30-3)13-11-16)14-26(15,24(28)32-5)25(29)33-6/h7-13,18H,1,14H2,2-6H3/t18-/m0/s1. The first kappa shape index (κ1) is 22.5. The number of nitrogens with zero attached hydrogens (tertiary/aromatic N) is 1. The van der Waals surface area contributed by atoms with Crippen LogP contribution in [0.3, 0.4) is 0 Å². The van der Waals surface area contributed by atoms with E-state index < -0.39 is 17.4 Å². The highest BCUT2D eigenvalue weighted by Gasteiger charge is 2.57. The average Bonchev–Trinajstić information content (AvgIpc) is 3.16. The number of hydrogen-bond donors (Lipinski definition) is 0. The third-order valence-electron chi connectivity index (χ3n) is 6.69. The molecule has 1 heterocycles. The van der Waals surface area contributed by atoms with Gasteiger partial charge in [0, 0.05) is 24.0 Å². The Kier molecular flexibility index (Phi) is 5.66. The van der Waals surface area contributed by atoms with Crippen LogP contribution in [0.4, 0.5) is 0 Å². The molecule has 1 atom stereocenters. The predicted octanol–water partition coefficient (Wildman–Crippen LogP) is 4.08. The van der Waals surface area contributed by atoms with Gasteiger partial charge in [-0.15, -0.1) is 0 Å². The van der Waals surface area contributed by atoms with Gasteiger partial charge in [0.05, 0.1) is 34.0 Å². The second kappa shape index (κ2) is 8.31. The van der Waals surface area contributed by atoms with Crippen LogP contribution in [-0.4, -0.2) is 44.9 Å². The van der Waals surface area contributed by atoms with Crippen molar-refractivity contribution in [3.63, 3.8) is 0 Å². The van der Waals surface area contributed by atoms with Crippen molar-refractivity contribution in [3.8, 4) is 11.5 Å². The molecule has 0 fully saturated rings. The number of aromatic nitrogens is 1. The topological polar surface area (TPSA) is 76.0 Å². The van der Waals surface area contributed by atoms with Crippen LogP contribution < -0.4 is 9.47 Å². The molecule has 0 bridgehead atoms. The highest BCUT2D eigenvalue weighted by molar-refractivity contribution is 6.14. The molecule has 4 rings (SSSR count). The molecule has 2 aromatic carbocycles. The molecule has 0 unspecified atom stereocenters. The zero-order chi connectivity index (χ0) is 23.9. The summed E-state index contributed by atoms with van der Waals surface area (Å²) in [6.45, 7) is 4.23. The highest BCUT2D eigenvalue weighted by Crippen LogP contribution is 2.56. The van der Waals surface area contributed by atoms with Crippen molar-refractivity contribution in [2.75, 3.05) is 28.4 Å². The lowest BCUT2D eigenvalue weighted by molar-refractivity contribution is -0.165. The van der Waals surface area contributed by atoms with Gasteiger partial charge in [0.25, 0.3) is 0 Å². The first-order valence-electron chi connectivity index (χ1n) is 10.5. The predicted molar refractivity (Wildman–Crippen MR) is 124 cm³/mol. The van der Waals surface area contributed by atoms with E-state index in [1.165, 1.54) is 14.2 Å². The van der Waals surface area contributed by atoms with Crippen LogP contribution in [0.5, 0.6) is 11.5 Å². The molecule has 0 N–H and O–H groups in total. The van der Waals surface area contributed by atoms with Gasteiger partial charge in [-0.1, -0.05) is 24.8 Å². The number of methoxy groups -OCH3 is 4. The average molecular weight is 450 g/mol. The third-order valence-corrected chi connectivity index (χ3v) is 6.69. The van der Waals surface area contributed by atoms with Gasteiger partial charge in [0.2, 0.25) is 0 Å². The fourth-order valence-corrected chi connectivity index (χ4v) is 5.06. The van der Waals surface area contributed by atoms with E-state index in [4.69, 9.17) is 18.9 Å². The Balaban J connectivity index is 2.11. The minimum atomic E-state index is -1.68.